The van der Waals surface area contributed by atoms with Crippen LogP contribution in [0.15, 0.2) is 34.3 Å². The van der Waals surface area contributed by atoms with Crippen LogP contribution in [0.4, 0.5) is 0 Å². The molecular weight excluding hydrogens is 462 g/mol. The highest BCUT2D eigenvalue weighted by Crippen LogP contribution is 2.26. The SMILES string of the molecule is CC[C@@H]1CCCCN1C(=O)CSc1nnc(-c2ccc(S(=O)(=O)N3CCOCC3)cc2)n1C. The Balaban J connectivity index is 1.42. The Morgan fingerprint density at radius 2 is 1.85 bits per heavy atom. The summed E-state index contributed by atoms with van der Waals surface area (Å²) in [6.45, 7) is 4.52. The first-order valence-corrected chi connectivity index (χ1v) is 13.8. The minimum atomic E-state index is -3.54. The molecule has 0 spiro atoms. The van der Waals surface area contributed by atoms with E-state index >= 15 is 0 Å². The van der Waals surface area contributed by atoms with Crippen molar-refractivity contribution in [1.29, 1.82) is 0 Å². The van der Waals surface area contributed by atoms with Crippen molar-refractivity contribution >= 4 is 27.7 Å². The van der Waals surface area contributed by atoms with E-state index in [2.05, 4.69) is 17.1 Å². The lowest BCUT2D eigenvalue weighted by Crippen LogP contribution is -2.44. The number of carbonyl (C=O) groups excluding carboxylic acids is 1. The van der Waals surface area contributed by atoms with E-state index in [1.807, 2.05) is 16.5 Å². The fourth-order valence-corrected chi connectivity index (χ4v) is 6.57. The van der Waals surface area contributed by atoms with Gasteiger partial charge in [0.15, 0.2) is 11.0 Å². The Morgan fingerprint density at radius 1 is 1.12 bits per heavy atom. The molecule has 0 unspecified atom stereocenters. The van der Waals surface area contributed by atoms with Crippen LogP contribution in [0, 0.1) is 0 Å². The molecule has 0 bridgehead atoms. The first-order valence-electron chi connectivity index (χ1n) is 11.4. The lowest BCUT2D eigenvalue weighted by molar-refractivity contribution is -0.132. The maximum atomic E-state index is 12.8. The van der Waals surface area contributed by atoms with Crippen molar-refractivity contribution in [3.05, 3.63) is 24.3 Å². The lowest BCUT2D eigenvalue weighted by atomic mass is 10.0. The average molecular weight is 494 g/mol. The van der Waals surface area contributed by atoms with Crippen LogP contribution in [0.2, 0.25) is 0 Å². The third-order valence-electron chi connectivity index (χ3n) is 6.30. The van der Waals surface area contributed by atoms with E-state index < -0.39 is 10.0 Å². The van der Waals surface area contributed by atoms with Gasteiger partial charge in [-0.1, -0.05) is 18.7 Å². The number of aromatic nitrogens is 3. The van der Waals surface area contributed by atoms with Gasteiger partial charge in [-0.15, -0.1) is 10.2 Å². The molecule has 1 amide bonds. The van der Waals surface area contributed by atoms with Crippen LogP contribution in [0.25, 0.3) is 11.4 Å². The molecular formula is C22H31N5O4S2. The minimum Gasteiger partial charge on any atom is -0.379 e. The summed E-state index contributed by atoms with van der Waals surface area (Å²) in [6.07, 6.45) is 4.33. The van der Waals surface area contributed by atoms with Crippen LogP contribution in [0.5, 0.6) is 0 Å². The monoisotopic (exact) mass is 493 g/mol. The molecule has 0 aliphatic carbocycles. The highest BCUT2D eigenvalue weighted by Gasteiger charge is 2.27. The van der Waals surface area contributed by atoms with Gasteiger partial charge in [-0.2, -0.15) is 4.31 Å². The van der Waals surface area contributed by atoms with Crippen LogP contribution in [-0.4, -0.2) is 82.9 Å². The van der Waals surface area contributed by atoms with Gasteiger partial charge in [-0.25, -0.2) is 8.42 Å². The molecule has 11 heteroatoms. The normalized spacial score (nSPS) is 20.2. The molecule has 0 radical (unpaired) electrons. The molecule has 0 N–H and O–H groups in total. The second-order valence-corrected chi connectivity index (χ2v) is 11.2. The zero-order chi connectivity index (χ0) is 23.4. The first-order chi connectivity index (χ1) is 15.9. The first kappa shape index (κ1) is 24.2. The number of nitrogens with zero attached hydrogens (tertiary/aromatic N) is 5. The molecule has 1 aromatic carbocycles. The Labute approximate surface area is 199 Å². The lowest BCUT2D eigenvalue weighted by Gasteiger charge is -2.35. The molecule has 2 aromatic rings. The van der Waals surface area contributed by atoms with E-state index in [0.717, 1.165) is 31.4 Å². The van der Waals surface area contributed by atoms with Crippen molar-refractivity contribution in [2.24, 2.45) is 7.05 Å². The van der Waals surface area contributed by atoms with Crippen LogP contribution >= 0.6 is 11.8 Å². The van der Waals surface area contributed by atoms with E-state index in [9.17, 15) is 13.2 Å². The quantitative estimate of drug-likeness (QED) is 0.546. The largest absolute Gasteiger partial charge is 0.379 e. The fraction of sp³-hybridized carbons (Fsp3) is 0.591. The Bertz CT molecular complexity index is 1060. The number of likely N-dealkylation sites (tertiary alicyclic amines) is 1. The molecule has 2 aliphatic rings. The summed E-state index contributed by atoms with van der Waals surface area (Å²) in [6, 6.07) is 7.04. The number of thioether (sulfide) groups is 1. The van der Waals surface area contributed by atoms with E-state index in [1.54, 1.807) is 24.3 Å². The zero-order valence-corrected chi connectivity index (χ0v) is 20.8. The molecule has 1 atom stereocenters. The molecule has 2 fully saturated rings. The summed E-state index contributed by atoms with van der Waals surface area (Å²) < 4.78 is 34.2. The zero-order valence-electron chi connectivity index (χ0n) is 19.1. The number of hydrogen-bond donors (Lipinski definition) is 0. The molecule has 1 aromatic heterocycles. The number of amides is 1. The Hall–Kier alpha value is -1.95. The maximum Gasteiger partial charge on any atom is 0.243 e. The smallest absolute Gasteiger partial charge is 0.243 e. The predicted octanol–water partition coefficient (Wildman–Crippen LogP) is 2.39. The second kappa shape index (κ2) is 10.5. The minimum absolute atomic E-state index is 0.147. The number of sulfonamides is 1. The number of rotatable bonds is 7. The van der Waals surface area contributed by atoms with Gasteiger partial charge in [0, 0.05) is 38.3 Å². The number of benzene rings is 1. The molecule has 4 rings (SSSR count). The van der Waals surface area contributed by atoms with Crippen LogP contribution in [-0.2, 0) is 26.6 Å². The molecule has 0 saturated carbocycles. The summed E-state index contributed by atoms with van der Waals surface area (Å²) in [4.78, 5) is 15.0. The Kier molecular flexibility index (Phi) is 7.72. The van der Waals surface area contributed by atoms with Crippen LogP contribution in [0.1, 0.15) is 32.6 Å². The summed E-state index contributed by atoms with van der Waals surface area (Å²) in [7, 11) is -1.68. The van der Waals surface area contributed by atoms with Gasteiger partial charge in [0.25, 0.3) is 0 Å². The fourth-order valence-electron chi connectivity index (χ4n) is 4.37. The van der Waals surface area contributed by atoms with E-state index in [1.165, 1.54) is 22.5 Å². The van der Waals surface area contributed by atoms with E-state index in [-0.39, 0.29) is 10.8 Å². The van der Waals surface area contributed by atoms with Crippen molar-refractivity contribution in [3.8, 4) is 11.4 Å². The van der Waals surface area contributed by atoms with Crippen molar-refractivity contribution in [1.82, 2.24) is 24.0 Å². The summed E-state index contributed by atoms with van der Waals surface area (Å²) in [5, 5.41) is 9.20. The third kappa shape index (κ3) is 5.26. The maximum absolute atomic E-state index is 12.8. The number of ether oxygens (including phenoxy) is 1. The molecule has 2 saturated heterocycles. The third-order valence-corrected chi connectivity index (χ3v) is 9.22. The Morgan fingerprint density at radius 3 is 2.55 bits per heavy atom. The van der Waals surface area contributed by atoms with Crippen molar-refractivity contribution in [2.45, 2.75) is 48.7 Å². The van der Waals surface area contributed by atoms with Crippen molar-refractivity contribution in [3.63, 3.8) is 0 Å². The van der Waals surface area contributed by atoms with Gasteiger partial charge in [-0.05, 0) is 49.9 Å². The summed E-state index contributed by atoms with van der Waals surface area (Å²) >= 11 is 1.39. The number of carbonyl (C=O) groups is 1. The molecule has 180 valence electrons. The summed E-state index contributed by atoms with van der Waals surface area (Å²) in [5.74, 6) is 1.11. The number of hydrogen-bond acceptors (Lipinski definition) is 7. The highest BCUT2D eigenvalue weighted by atomic mass is 32.2. The van der Waals surface area contributed by atoms with Crippen molar-refractivity contribution < 1.29 is 17.9 Å². The van der Waals surface area contributed by atoms with Gasteiger partial charge in [0.2, 0.25) is 15.9 Å². The standard InChI is InChI=1S/C22H31N5O4S2/c1-3-18-6-4-5-11-27(18)20(28)16-32-22-24-23-21(25(22)2)17-7-9-19(10-8-17)33(29,30)26-12-14-31-15-13-26/h7-10,18H,3-6,11-16H2,1-2H3/t18-/m1/s1. The van der Waals surface area contributed by atoms with Gasteiger partial charge in [-0.3, -0.25) is 4.79 Å². The van der Waals surface area contributed by atoms with Gasteiger partial charge < -0.3 is 14.2 Å². The van der Waals surface area contributed by atoms with Crippen molar-refractivity contribution in [2.75, 3.05) is 38.6 Å². The summed E-state index contributed by atoms with van der Waals surface area (Å²) in [5.41, 5.74) is 0.770. The van der Waals surface area contributed by atoms with Gasteiger partial charge in [0.1, 0.15) is 0 Å². The molecule has 33 heavy (non-hydrogen) atoms. The van der Waals surface area contributed by atoms with E-state index in [0.29, 0.717) is 49.1 Å². The number of piperidine rings is 1. The highest BCUT2D eigenvalue weighted by molar-refractivity contribution is 7.99. The topological polar surface area (TPSA) is 97.6 Å². The molecule has 9 nitrogen and oxygen atoms in total. The number of morpholine rings is 1. The average Bonchev–Trinajstić information content (AvgIpc) is 3.23. The van der Waals surface area contributed by atoms with Crippen LogP contribution < -0.4 is 0 Å². The molecule has 3 heterocycles. The predicted molar refractivity (Wildman–Crippen MR) is 126 cm³/mol. The molecule has 2 aliphatic heterocycles. The van der Waals surface area contributed by atoms with Crippen LogP contribution in [0.3, 0.4) is 0 Å². The second-order valence-electron chi connectivity index (χ2n) is 8.34. The van der Waals surface area contributed by atoms with Gasteiger partial charge in [0.05, 0.1) is 23.9 Å². The van der Waals surface area contributed by atoms with Gasteiger partial charge >= 0.3 is 0 Å². The van der Waals surface area contributed by atoms with E-state index in [4.69, 9.17) is 4.74 Å².